The topological polar surface area (TPSA) is 72.5 Å². The van der Waals surface area contributed by atoms with E-state index < -0.39 is 18.0 Å². The Morgan fingerprint density at radius 2 is 1.63 bits per heavy atom. The molecule has 142 valence electrons. The predicted octanol–water partition coefficient (Wildman–Crippen LogP) is 4.17. The molecule has 0 saturated carbocycles. The second kappa shape index (κ2) is 10.3. The third-order valence-electron chi connectivity index (χ3n) is 4.09. The van der Waals surface area contributed by atoms with Crippen LogP contribution in [-0.2, 0) is 20.7 Å². The smallest absolute Gasteiger partial charge is 0.307 e. The summed E-state index contributed by atoms with van der Waals surface area (Å²) in [6.45, 7) is 3.61. The van der Waals surface area contributed by atoms with E-state index in [4.69, 9.17) is 4.74 Å². The Kier molecular flexibility index (Phi) is 7.74. The second-order valence-corrected chi connectivity index (χ2v) is 6.36. The van der Waals surface area contributed by atoms with Crippen LogP contribution in [0.2, 0.25) is 0 Å². The van der Waals surface area contributed by atoms with Crippen molar-refractivity contribution in [1.82, 2.24) is 0 Å². The first-order chi connectivity index (χ1) is 13.0. The predicted molar refractivity (Wildman–Crippen MR) is 105 cm³/mol. The Morgan fingerprint density at radius 3 is 2.26 bits per heavy atom. The molecule has 2 rings (SSSR count). The zero-order valence-corrected chi connectivity index (χ0v) is 15.7. The third-order valence-corrected chi connectivity index (χ3v) is 4.09. The van der Waals surface area contributed by atoms with Crippen molar-refractivity contribution < 1.29 is 19.1 Å². The van der Waals surface area contributed by atoms with Crippen LogP contribution in [-0.4, -0.2) is 23.8 Å². The molecule has 0 spiro atoms. The normalized spacial score (nSPS) is 11.5. The highest BCUT2D eigenvalue weighted by molar-refractivity contribution is 5.98. The summed E-state index contributed by atoms with van der Waals surface area (Å²) in [6.07, 6.45) is 1.09. The van der Waals surface area contributed by atoms with Crippen molar-refractivity contribution in [3.8, 4) is 0 Å². The summed E-state index contributed by atoms with van der Waals surface area (Å²) in [5.41, 5.74) is 2.40. The zero-order chi connectivity index (χ0) is 19.6. The van der Waals surface area contributed by atoms with E-state index >= 15 is 0 Å². The van der Waals surface area contributed by atoms with Gasteiger partial charge in [0.25, 0.3) is 5.91 Å². The average Bonchev–Trinajstić information content (AvgIpc) is 2.67. The summed E-state index contributed by atoms with van der Waals surface area (Å²) >= 11 is 0. The number of hydrogen-bond donors (Lipinski definition) is 1. The second-order valence-electron chi connectivity index (χ2n) is 6.36. The molecule has 0 saturated heterocycles. The van der Waals surface area contributed by atoms with E-state index in [1.807, 2.05) is 18.2 Å². The van der Waals surface area contributed by atoms with Gasteiger partial charge in [0, 0.05) is 17.7 Å². The molecule has 0 fully saturated rings. The molecule has 0 bridgehead atoms. The Balaban J connectivity index is 1.77. The fourth-order valence-electron chi connectivity index (χ4n) is 2.58. The molecule has 2 aromatic rings. The lowest BCUT2D eigenvalue weighted by Gasteiger charge is -2.13. The van der Waals surface area contributed by atoms with Gasteiger partial charge in [-0.3, -0.25) is 14.4 Å². The maximum atomic E-state index is 12.2. The number of Topliss-reactive ketones (excluding diaryl/α,β-unsaturated/α-hetero) is 1. The van der Waals surface area contributed by atoms with Crippen LogP contribution in [0.25, 0.3) is 0 Å². The fraction of sp³-hybridized carbons (Fsp3) is 0.318. The van der Waals surface area contributed by atoms with Crippen molar-refractivity contribution in [1.29, 1.82) is 0 Å². The molecule has 5 heteroatoms. The monoisotopic (exact) mass is 367 g/mol. The molecule has 1 atom stereocenters. The van der Waals surface area contributed by atoms with Crippen LogP contribution in [0.1, 0.15) is 49.0 Å². The summed E-state index contributed by atoms with van der Waals surface area (Å²) in [4.78, 5) is 36.2. The molecule has 5 nitrogen and oxygen atoms in total. The zero-order valence-electron chi connectivity index (χ0n) is 15.7. The van der Waals surface area contributed by atoms with E-state index in [0.29, 0.717) is 11.3 Å². The number of anilines is 1. The highest BCUT2D eigenvalue weighted by Gasteiger charge is 2.18. The molecule has 1 N–H and O–H groups in total. The Hall–Kier alpha value is -2.95. The van der Waals surface area contributed by atoms with Crippen molar-refractivity contribution in [3.63, 3.8) is 0 Å². The number of para-hydroxylation sites is 1. The van der Waals surface area contributed by atoms with Gasteiger partial charge in [-0.25, -0.2) is 0 Å². The van der Waals surface area contributed by atoms with Gasteiger partial charge in [0.15, 0.2) is 11.9 Å². The molecule has 0 aliphatic rings. The number of nitrogens with one attached hydrogen (secondary N) is 1. The van der Waals surface area contributed by atoms with E-state index in [9.17, 15) is 14.4 Å². The van der Waals surface area contributed by atoms with Gasteiger partial charge in [-0.05, 0) is 31.0 Å². The van der Waals surface area contributed by atoms with Crippen molar-refractivity contribution in [2.24, 2.45) is 0 Å². The molecule has 0 heterocycles. The molecule has 0 radical (unpaired) electrons. The van der Waals surface area contributed by atoms with Gasteiger partial charge in [-0.1, -0.05) is 55.8 Å². The number of ether oxygens (including phenoxy) is 1. The van der Waals surface area contributed by atoms with E-state index in [1.54, 1.807) is 36.4 Å². The van der Waals surface area contributed by atoms with Crippen LogP contribution in [0, 0.1) is 0 Å². The lowest BCUT2D eigenvalue weighted by atomic mass is 10.0. The number of esters is 1. The summed E-state index contributed by atoms with van der Waals surface area (Å²) in [7, 11) is 0. The minimum atomic E-state index is -0.930. The molecular formula is C22H25NO4. The highest BCUT2D eigenvalue weighted by Crippen LogP contribution is 2.11. The average molecular weight is 367 g/mol. The summed E-state index contributed by atoms with van der Waals surface area (Å²) in [5, 5.41) is 2.67. The molecule has 0 unspecified atom stereocenters. The fourth-order valence-corrected chi connectivity index (χ4v) is 2.58. The van der Waals surface area contributed by atoms with E-state index in [-0.39, 0.29) is 18.6 Å². The van der Waals surface area contributed by atoms with Gasteiger partial charge in [-0.2, -0.15) is 0 Å². The number of hydrogen-bond acceptors (Lipinski definition) is 4. The van der Waals surface area contributed by atoms with Crippen molar-refractivity contribution >= 4 is 23.3 Å². The van der Waals surface area contributed by atoms with Gasteiger partial charge in [0.2, 0.25) is 0 Å². The highest BCUT2D eigenvalue weighted by atomic mass is 16.5. The first-order valence-corrected chi connectivity index (χ1v) is 9.17. The van der Waals surface area contributed by atoms with Crippen molar-refractivity contribution in [2.45, 2.75) is 45.6 Å². The van der Waals surface area contributed by atoms with Gasteiger partial charge >= 0.3 is 5.97 Å². The Bertz CT molecular complexity index is 769. The van der Waals surface area contributed by atoms with Crippen LogP contribution >= 0.6 is 0 Å². The van der Waals surface area contributed by atoms with Crippen LogP contribution in [0.5, 0.6) is 0 Å². The summed E-state index contributed by atoms with van der Waals surface area (Å²) < 4.78 is 5.12. The molecule has 0 aliphatic heterocycles. The first-order valence-electron chi connectivity index (χ1n) is 9.17. The number of carbonyl (C=O) groups is 3. The molecular weight excluding hydrogens is 342 g/mol. The Morgan fingerprint density at radius 1 is 0.963 bits per heavy atom. The number of rotatable bonds is 9. The molecule has 27 heavy (non-hydrogen) atoms. The standard InChI is InChI=1S/C22H25NO4/c1-3-7-17-10-12-18(13-11-17)20(24)14-15-21(25)27-16(2)22(26)23-19-8-5-4-6-9-19/h4-6,8-13,16H,3,7,14-15H2,1-2H3,(H,23,26)/t16-/m0/s1. The lowest BCUT2D eigenvalue weighted by Crippen LogP contribution is -2.30. The maximum absolute atomic E-state index is 12.2. The van der Waals surface area contributed by atoms with Gasteiger partial charge in [-0.15, -0.1) is 0 Å². The molecule has 2 aromatic carbocycles. The van der Waals surface area contributed by atoms with Crippen molar-refractivity contribution in [2.75, 3.05) is 5.32 Å². The van der Waals surface area contributed by atoms with E-state index in [0.717, 1.165) is 12.8 Å². The number of amides is 1. The minimum Gasteiger partial charge on any atom is -0.453 e. The van der Waals surface area contributed by atoms with Crippen molar-refractivity contribution in [3.05, 3.63) is 65.7 Å². The SMILES string of the molecule is CCCc1ccc(C(=O)CCC(=O)O[C@@H](C)C(=O)Nc2ccccc2)cc1. The first kappa shape index (κ1) is 20.4. The van der Waals surface area contributed by atoms with E-state index in [2.05, 4.69) is 12.2 Å². The summed E-state index contributed by atoms with van der Waals surface area (Å²) in [5.74, 6) is -1.09. The van der Waals surface area contributed by atoms with Crippen LogP contribution < -0.4 is 5.32 Å². The van der Waals surface area contributed by atoms with Gasteiger partial charge in [0.1, 0.15) is 0 Å². The Labute approximate surface area is 159 Å². The largest absolute Gasteiger partial charge is 0.453 e. The molecule has 0 aliphatic carbocycles. The number of carbonyl (C=O) groups excluding carboxylic acids is 3. The lowest BCUT2D eigenvalue weighted by molar-refractivity contribution is -0.153. The molecule has 1 amide bonds. The number of benzene rings is 2. The van der Waals surface area contributed by atoms with Crippen LogP contribution in [0.3, 0.4) is 0 Å². The van der Waals surface area contributed by atoms with Gasteiger partial charge in [0.05, 0.1) is 6.42 Å². The van der Waals surface area contributed by atoms with E-state index in [1.165, 1.54) is 12.5 Å². The van der Waals surface area contributed by atoms with Crippen LogP contribution in [0.15, 0.2) is 54.6 Å². The van der Waals surface area contributed by atoms with Crippen LogP contribution in [0.4, 0.5) is 5.69 Å². The summed E-state index contributed by atoms with van der Waals surface area (Å²) in [6, 6.07) is 16.4. The minimum absolute atomic E-state index is 0.0545. The number of ketones is 1. The molecule has 0 aromatic heterocycles. The third kappa shape index (κ3) is 6.70. The number of aryl methyl sites for hydroxylation is 1. The van der Waals surface area contributed by atoms with Gasteiger partial charge < -0.3 is 10.1 Å². The quantitative estimate of drug-likeness (QED) is 0.533. The maximum Gasteiger partial charge on any atom is 0.307 e.